The fraction of sp³-hybridized carbons (Fsp3) is 0.150. The van der Waals surface area contributed by atoms with Crippen molar-refractivity contribution in [2.24, 2.45) is 0 Å². The predicted molar refractivity (Wildman–Crippen MR) is 206 cm³/mol. The van der Waals surface area contributed by atoms with Crippen molar-refractivity contribution in [1.82, 2.24) is 0 Å². The van der Waals surface area contributed by atoms with Crippen molar-refractivity contribution in [1.29, 1.82) is 0 Å². The van der Waals surface area contributed by atoms with Crippen LogP contribution in [0.4, 0.5) is 0 Å². The zero-order chi connectivity index (χ0) is 33.4. The molecular formula is C40H34O4S4. The lowest BCUT2D eigenvalue weighted by atomic mass is 9.93. The van der Waals surface area contributed by atoms with Gasteiger partial charge in [0, 0.05) is 51.5 Å². The molecular weight excluding hydrogens is 673 g/mol. The molecule has 0 unspecified atom stereocenters. The Morgan fingerprint density at radius 1 is 0.396 bits per heavy atom. The molecule has 0 fully saturated rings. The van der Waals surface area contributed by atoms with Gasteiger partial charge in [0.1, 0.15) is 0 Å². The van der Waals surface area contributed by atoms with Crippen LogP contribution in [0.5, 0.6) is 23.0 Å². The molecule has 0 amide bonds. The lowest BCUT2D eigenvalue weighted by Crippen LogP contribution is -1.90. The first-order chi connectivity index (χ1) is 23.4. The molecule has 48 heavy (non-hydrogen) atoms. The van der Waals surface area contributed by atoms with E-state index in [1.807, 2.05) is 12.1 Å². The van der Waals surface area contributed by atoms with Gasteiger partial charge in [0.05, 0.1) is 28.4 Å². The van der Waals surface area contributed by atoms with E-state index in [1.54, 1.807) is 73.8 Å². The van der Waals surface area contributed by atoms with Crippen molar-refractivity contribution in [3.63, 3.8) is 0 Å². The third-order valence-corrected chi connectivity index (χ3v) is 12.9. The summed E-state index contributed by atoms with van der Waals surface area (Å²) in [7, 11) is 6.69. The topological polar surface area (TPSA) is 36.9 Å². The first-order valence-corrected chi connectivity index (χ1v) is 18.7. The normalized spacial score (nSPS) is 11.1. The molecule has 4 heterocycles. The molecule has 0 saturated carbocycles. The fourth-order valence-corrected chi connectivity index (χ4v) is 9.92. The average Bonchev–Trinajstić information content (AvgIpc) is 3.95. The summed E-state index contributed by atoms with van der Waals surface area (Å²) in [6, 6.07) is 30.4. The summed E-state index contributed by atoms with van der Waals surface area (Å²) in [6.45, 7) is 4.41. The predicted octanol–water partition coefficient (Wildman–Crippen LogP) is 12.6. The Kier molecular flexibility index (Phi) is 9.16. The molecule has 242 valence electrons. The van der Waals surface area contributed by atoms with Crippen molar-refractivity contribution in [3.8, 4) is 85.6 Å². The van der Waals surface area contributed by atoms with E-state index in [9.17, 15) is 0 Å². The molecule has 4 nitrogen and oxygen atoms in total. The van der Waals surface area contributed by atoms with E-state index < -0.39 is 0 Å². The van der Waals surface area contributed by atoms with Gasteiger partial charge in [-0.25, -0.2) is 0 Å². The second-order valence-electron chi connectivity index (χ2n) is 11.3. The summed E-state index contributed by atoms with van der Waals surface area (Å²) in [6.07, 6.45) is 0. The maximum atomic E-state index is 5.62. The Labute approximate surface area is 297 Å². The average molecular weight is 707 g/mol. The standard InChI is InChI=1S/C40H34O4S4/c1-23-15-17-45-39(23)29-21-28(38-14-12-36(48-38)26-8-10-32(42-4)34(20-26)44-6)30(40-24(2)16-18-46-40)22-27(29)37-13-11-35(47-37)25-7-9-31(41-3)33(19-25)43-5/h7-22H,1-6H3. The van der Waals surface area contributed by atoms with E-state index >= 15 is 0 Å². The van der Waals surface area contributed by atoms with Crippen molar-refractivity contribution in [3.05, 3.63) is 107 Å². The molecule has 7 aromatic rings. The van der Waals surface area contributed by atoms with Crippen LogP contribution in [-0.4, -0.2) is 28.4 Å². The van der Waals surface area contributed by atoms with E-state index in [0.29, 0.717) is 0 Å². The molecule has 0 radical (unpaired) electrons. The van der Waals surface area contributed by atoms with Crippen molar-refractivity contribution < 1.29 is 18.9 Å². The minimum Gasteiger partial charge on any atom is -0.493 e. The lowest BCUT2D eigenvalue weighted by Gasteiger charge is -2.16. The molecule has 0 N–H and O–H groups in total. The molecule has 7 rings (SSSR count). The van der Waals surface area contributed by atoms with Gasteiger partial charge in [0.2, 0.25) is 0 Å². The van der Waals surface area contributed by atoms with Gasteiger partial charge >= 0.3 is 0 Å². The number of ether oxygens (including phenoxy) is 4. The maximum absolute atomic E-state index is 5.62. The highest BCUT2D eigenvalue weighted by Crippen LogP contribution is 2.50. The van der Waals surface area contributed by atoms with Crippen LogP contribution in [0.25, 0.3) is 62.6 Å². The van der Waals surface area contributed by atoms with Crippen molar-refractivity contribution >= 4 is 45.3 Å². The molecule has 0 aliphatic heterocycles. The minimum absolute atomic E-state index is 0.725. The molecule has 4 aromatic heterocycles. The summed E-state index contributed by atoms with van der Waals surface area (Å²) in [5, 5.41) is 4.38. The summed E-state index contributed by atoms with van der Waals surface area (Å²) in [4.78, 5) is 7.38. The van der Waals surface area contributed by atoms with Crippen LogP contribution >= 0.6 is 45.3 Å². The van der Waals surface area contributed by atoms with Gasteiger partial charge in [0.25, 0.3) is 0 Å². The van der Waals surface area contributed by atoms with E-state index in [-0.39, 0.29) is 0 Å². The largest absolute Gasteiger partial charge is 0.493 e. The Balaban J connectivity index is 1.40. The third kappa shape index (κ3) is 5.94. The van der Waals surface area contributed by atoms with Gasteiger partial charge in [-0.15, -0.1) is 45.3 Å². The summed E-state index contributed by atoms with van der Waals surface area (Å²) >= 11 is 7.20. The molecule has 3 aromatic carbocycles. The number of aryl methyl sites for hydroxylation is 2. The Morgan fingerprint density at radius 3 is 1.15 bits per heavy atom. The molecule has 0 aliphatic rings. The van der Waals surface area contributed by atoms with Crippen LogP contribution in [0, 0.1) is 13.8 Å². The smallest absolute Gasteiger partial charge is 0.161 e. The second-order valence-corrected chi connectivity index (χ2v) is 15.3. The first kappa shape index (κ1) is 32.2. The molecule has 0 saturated heterocycles. The Morgan fingerprint density at radius 2 is 0.792 bits per heavy atom. The van der Waals surface area contributed by atoms with Gasteiger partial charge in [-0.1, -0.05) is 0 Å². The van der Waals surface area contributed by atoms with Gasteiger partial charge in [-0.3, -0.25) is 0 Å². The molecule has 0 atom stereocenters. The molecule has 0 bridgehead atoms. The first-order valence-electron chi connectivity index (χ1n) is 15.3. The highest BCUT2D eigenvalue weighted by atomic mass is 32.1. The van der Waals surface area contributed by atoms with Crippen LogP contribution in [-0.2, 0) is 0 Å². The molecule has 0 spiro atoms. The summed E-state index contributed by atoms with van der Waals surface area (Å²) < 4.78 is 22.2. The van der Waals surface area contributed by atoms with Gasteiger partial charge in [-0.05, 0) is 132 Å². The maximum Gasteiger partial charge on any atom is 0.161 e. The van der Waals surface area contributed by atoms with Crippen LogP contribution in [0.3, 0.4) is 0 Å². The quantitative estimate of drug-likeness (QED) is 0.142. The van der Waals surface area contributed by atoms with Gasteiger partial charge < -0.3 is 18.9 Å². The van der Waals surface area contributed by atoms with E-state index in [2.05, 4.69) is 97.4 Å². The fourth-order valence-electron chi connectivity index (χ4n) is 5.93. The lowest BCUT2D eigenvalue weighted by molar-refractivity contribution is 0.355. The van der Waals surface area contributed by atoms with Gasteiger partial charge in [0.15, 0.2) is 23.0 Å². The Bertz CT molecular complexity index is 2070. The SMILES string of the molecule is COc1ccc(-c2ccc(-c3cc(-c4sccc4C)c(-c4ccc(-c5ccc(OC)c(OC)c5)s4)cc3-c3sccc3C)s2)cc1OC. The number of methoxy groups -OCH3 is 4. The number of hydrogen-bond acceptors (Lipinski definition) is 8. The molecule has 0 aliphatic carbocycles. The minimum atomic E-state index is 0.725. The highest BCUT2D eigenvalue weighted by molar-refractivity contribution is 7.19. The zero-order valence-electron chi connectivity index (χ0n) is 27.5. The van der Waals surface area contributed by atoms with Gasteiger partial charge in [-0.2, -0.15) is 0 Å². The Hall–Kier alpha value is -4.34. The van der Waals surface area contributed by atoms with Crippen molar-refractivity contribution in [2.45, 2.75) is 13.8 Å². The number of benzene rings is 3. The van der Waals surface area contributed by atoms with E-state index in [4.69, 9.17) is 18.9 Å². The van der Waals surface area contributed by atoms with Crippen molar-refractivity contribution in [2.75, 3.05) is 28.4 Å². The van der Waals surface area contributed by atoms with Crippen LogP contribution < -0.4 is 18.9 Å². The second kappa shape index (κ2) is 13.6. The number of hydrogen-bond donors (Lipinski definition) is 0. The highest BCUT2D eigenvalue weighted by Gasteiger charge is 2.22. The zero-order valence-corrected chi connectivity index (χ0v) is 30.8. The summed E-state index contributed by atoms with van der Waals surface area (Å²) in [5.41, 5.74) is 9.73. The van der Waals surface area contributed by atoms with E-state index in [1.165, 1.54) is 62.6 Å². The van der Waals surface area contributed by atoms with Crippen LogP contribution in [0.15, 0.2) is 95.7 Å². The number of rotatable bonds is 10. The van der Waals surface area contributed by atoms with E-state index in [0.717, 1.165) is 34.1 Å². The van der Waals surface area contributed by atoms with Crippen LogP contribution in [0.2, 0.25) is 0 Å². The summed E-state index contributed by atoms with van der Waals surface area (Å²) in [5.74, 6) is 2.90. The monoisotopic (exact) mass is 706 g/mol. The molecule has 8 heteroatoms. The van der Waals surface area contributed by atoms with Crippen LogP contribution in [0.1, 0.15) is 11.1 Å². The number of thiophene rings is 4. The third-order valence-electron chi connectivity index (χ3n) is 8.45.